The molecule has 2 rings (SSSR count). The first kappa shape index (κ1) is 13.4. The van der Waals surface area contributed by atoms with Crippen molar-refractivity contribution >= 4 is 0 Å². The summed E-state index contributed by atoms with van der Waals surface area (Å²) < 4.78 is 0. The molecule has 2 fully saturated rings. The Morgan fingerprint density at radius 2 is 1.82 bits per heavy atom. The average Bonchev–Trinajstić information content (AvgIpc) is 2.33. The van der Waals surface area contributed by atoms with E-state index in [4.69, 9.17) is 0 Å². The Hall–Kier alpha value is -0.0800. The molecule has 100 valence electrons. The standard InChI is InChI=1S/C15H30N2/c1-4-17-11-8-13(9-12-17)16-14-7-5-6-10-15(14,2)3/h13-14,16H,4-12H2,1-3H3. The molecule has 1 unspecified atom stereocenters. The molecule has 1 saturated carbocycles. The number of nitrogens with one attached hydrogen (secondary N) is 1. The molecule has 2 aliphatic rings. The Kier molecular flexibility index (Phi) is 4.48. The molecular weight excluding hydrogens is 208 g/mol. The normalized spacial score (nSPS) is 31.6. The number of rotatable bonds is 3. The van der Waals surface area contributed by atoms with E-state index in [1.54, 1.807) is 0 Å². The Bertz CT molecular complexity index is 229. The summed E-state index contributed by atoms with van der Waals surface area (Å²) in [6, 6.07) is 1.54. The second-order valence-corrected chi connectivity index (χ2v) is 6.66. The fourth-order valence-corrected chi connectivity index (χ4v) is 3.50. The van der Waals surface area contributed by atoms with Crippen LogP contribution in [0.2, 0.25) is 0 Å². The van der Waals surface area contributed by atoms with Crippen molar-refractivity contribution in [2.75, 3.05) is 19.6 Å². The summed E-state index contributed by atoms with van der Waals surface area (Å²) in [4.78, 5) is 2.57. The lowest BCUT2D eigenvalue weighted by Crippen LogP contribution is -2.51. The van der Waals surface area contributed by atoms with Gasteiger partial charge in [-0.05, 0) is 50.7 Å². The van der Waals surface area contributed by atoms with Gasteiger partial charge in [-0.2, -0.15) is 0 Å². The third-order valence-corrected chi connectivity index (χ3v) is 4.98. The number of hydrogen-bond donors (Lipinski definition) is 1. The van der Waals surface area contributed by atoms with E-state index in [2.05, 4.69) is 31.0 Å². The van der Waals surface area contributed by atoms with Crippen LogP contribution in [0.5, 0.6) is 0 Å². The van der Waals surface area contributed by atoms with Crippen molar-refractivity contribution in [2.45, 2.75) is 71.4 Å². The molecular formula is C15H30N2. The van der Waals surface area contributed by atoms with Gasteiger partial charge in [-0.25, -0.2) is 0 Å². The van der Waals surface area contributed by atoms with Crippen LogP contribution in [-0.4, -0.2) is 36.6 Å². The maximum Gasteiger partial charge on any atom is 0.0121 e. The summed E-state index contributed by atoms with van der Waals surface area (Å²) in [5, 5.41) is 3.97. The molecule has 1 aliphatic carbocycles. The van der Waals surface area contributed by atoms with Gasteiger partial charge in [-0.15, -0.1) is 0 Å². The first-order valence-electron chi connectivity index (χ1n) is 7.60. The van der Waals surface area contributed by atoms with Gasteiger partial charge in [0.15, 0.2) is 0 Å². The molecule has 2 heteroatoms. The molecule has 1 N–H and O–H groups in total. The van der Waals surface area contributed by atoms with Gasteiger partial charge in [0.05, 0.1) is 0 Å². The molecule has 2 nitrogen and oxygen atoms in total. The van der Waals surface area contributed by atoms with Gasteiger partial charge < -0.3 is 10.2 Å². The van der Waals surface area contributed by atoms with Crippen molar-refractivity contribution in [3.05, 3.63) is 0 Å². The summed E-state index contributed by atoms with van der Waals surface area (Å²) in [7, 11) is 0. The van der Waals surface area contributed by atoms with Crippen molar-refractivity contribution in [2.24, 2.45) is 5.41 Å². The zero-order valence-corrected chi connectivity index (χ0v) is 12.0. The zero-order valence-electron chi connectivity index (χ0n) is 12.0. The summed E-state index contributed by atoms with van der Waals surface area (Å²) in [6.07, 6.45) is 8.34. The van der Waals surface area contributed by atoms with Crippen molar-refractivity contribution in [1.29, 1.82) is 0 Å². The van der Waals surface area contributed by atoms with Crippen LogP contribution in [0.1, 0.15) is 59.3 Å². The maximum absolute atomic E-state index is 3.97. The molecule has 0 radical (unpaired) electrons. The smallest absolute Gasteiger partial charge is 0.0121 e. The van der Waals surface area contributed by atoms with Crippen LogP contribution in [0.4, 0.5) is 0 Å². The molecule has 1 saturated heterocycles. The second kappa shape index (κ2) is 5.71. The van der Waals surface area contributed by atoms with E-state index in [1.165, 1.54) is 58.2 Å². The third kappa shape index (κ3) is 3.45. The van der Waals surface area contributed by atoms with Gasteiger partial charge in [-0.3, -0.25) is 0 Å². The van der Waals surface area contributed by atoms with Crippen molar-refractivity contribution in [3.8, 4) is 0 Å². The molecule has 1 atom stereocenters. The topological polar surface area (TPSA) is 15.3 Å². The minimum absolute atomic E-state index is 0.514. The molecule has 0 aromatic heterocycles. The highest BCUT2D eigenvalue weighted by Crippen LogP contribution is 2.36. The molecule has 0 aromatic rings. The van der Waals surface area contributed by atoms with Gasteiger partial charge >= 0.3 is 0 Å². The third-order valence-electron chi connectivity index (χ3n) is 4.98. The molecule has 0 bridgehead atoms. The van der Waals surface area contributed by atoms with Gasteiger partial charge in [0, 0.05) is 12.1 Å². The molecule has 0 amide bonds. The highest BCUT2D eigenvalue weighted by Gasteiger charge is 2.33. The van der Waals surface area contributed by atoms with Crippen molar-refractivity contribution < 1.29 is 0 Å². The predicted octanol–water partition coefficient (Wildman–Crippen LogP) is 3.03. The van der Waals surface area contributed by atoms with Crippen LogP contribution in [0.3, 0.4) is 0 Å². The Morgan fingerprint density at radius 1 is 1.12 bits per heavy atom. The molecule has 0 spiro atoms. The number of likely N-dealkylation sites (tertiary alicyclic amines) is 1. The molecule has 17 heavy (non-hydrogen) atoms. The van der Waals surface area contributed by atoms with E-state index in [-0.39, 0.29) is 0 Å². The summed E-state index contributed by atoms with van der Waals surface area (Å²) in [5.41, 5.74) is 0.514. The van der Waals surface area contributed by atoms with Crippen LogP contribution in [0, 0.1) is 5.41 Å². The number of nitrogens with zero attached hydrogens (tertiary/aromatic N) is 1. The molecule has 1 aliphatic heterocycles. The van der Waals surface area contributed by atoms with Gasteiger partial charge in [-0.1, -0.05) is 33.6 Å². The number of hydrogen-bond acceptors (Lipinski definition) is 2. The highest BCUT2D eigenvalue weighted by atomic mass is 15.1. The van der Waals surface area contributed by atoms with Crippen LogP contribution in [0.25, 0.3) is 0 Å². The van der Waals surface area contributed by atoms with Gasteiger partial charge in [0.25, 0.3) is 0 Å². The summed E-state index contributed by atoms with van der Waals surface area (Å²) in [6.45, 7) is 11.0. The molecule has 1 heterocycles. The van der Waals surface area contributed by atoms with E-state index in [0.29, 0.717) is 5.41 Å². The second-order valence-electron chi connectivity index (χ2n) is 6.66. The fraction of sp³-hybridized carbons (Fsp3) is 1.00. The summed E-state index contributed by atoms with van der Waals surface area (Å²) >= 11 is 0. The average molecular weight is 238 g/mol. The predicted molar refractivity (Wildman–Crippen MR) is 74.3 cm³/mol. The number of piperidine rings is 1. The first-order valence-corrected chi connectivity index (χ1v) is 7.60. The van der Waals surface area contributed by atoms with Gasteiger partial charge in [0.2, 0.25) is 0 Å². The van der Waals surface area contributed by atoms with E-state index in [9.17, 15) is 0 Å². The van der Waals surface area contributed by atoms with E-state index in [1.807, 2.05) is 0 Å². The Balaban J connectivity index is 1.80. The van der Waals surface area contributed by atoms with Gasteiger partial charge in [0.1, 0.15) is 0 Å². The lowest BCUT2D eigenvalue weighted by atomic mass is 9.73. The minimum atomic E-state index is 0.514. The molecule has 0 aromatic carbocycles. The van der Waals surface area contributed by atoms with Crippen molar-refractivity contribution in [3.63, 3.8) is 0 Å². The van der Waals surface area contributed by atoms with E-state index in [0.717, 1.165) is 12.1 Å². The van der Waals surface area contributed by atoms with Crippen LogP contribution < -0.4 is 5.32 Å². The highest BCUT2D eigenvalue weighted by molar-refractivity contribution is 4.91. The van der Waals surface area contributed by atoms with Crippen LogP contribution >= 0.6 is 0 Å². The first-order chi connectivity index (χ1) is 8.12. The fourth-order valence-electron chi connectivity index (χ4n) is 3.50. The maximum atomic E-state index is 3.97. The quantitative estimate of drug-likeness (QED) is 0.813. The SMILES string of the molecule is CCN1CCC(NC2CCCCC2(C)C)CC1. The Morgan fingerprint density at radius 3 is 2.41 bits per heavy atom. The zero-order chi connectivity index (χ0) is 12.3. The lowest BCUT2D eigenvalue weighted by Gasteiger charge is -2.43. The lowest BCUT2D eigenvalue weighted by molar-refractivity contribution is 0.129. The summed E-state index contributed by atoms with van der Waals surface area (Å²) in [5.74, 6) is 0. The minimum Gasteiger partial charge on any atom is -0.311 e. The van der Waals surface area contributed by atoms with Crippen molar-refractivity contribution in [1.82, 2.24) is 10.2 Å². The van der Waals surface area contributed by atoms with Crippen LogP contribution in [0.15, 0.2) is 0 Å². The van der Waals surface area contributed by atoms with E-state index < -0.39 is 0 Å². The largest absolute Gasteiger partial charge is 0.311 e. The van der Waals surface area contributed by atoms with E-state index >= 15 is 0 Å². The Labute approximate surface area is 107 Å². The monoisotopic (exact) mass is 238 g/mol. The van der Waals surface area contributed by atoms with Crippen LogP contribution in [-0.2, 0) is 0 Å².